The third-order valence-electron chi connectivity index (χ3n) is 1.93. The summed E-state index contributed by atoms with van der Waals surface area (Å²) >= 11 is 3.03. The smallest absolute Gasteiger partial charge is 0.437 e. The quantitative estimate of drug-likeness (QED) is 0.829. The fourth-order valence-electron chi connectivity index (χ4n) is 1.09. The molecule has 1 fully saturated rings. The van der Waals surface area contributed by atoms with Gasteiger partial charge >= 0.3 is 6.18 Å². The van der Waals surface area contributed by atoms with Gasteiger partial charge in [-0.1, -0.05) is 0 Å². The molecule has 0 amide bonds. The van der Waals surface area contributed by atoms with E-state index in [1.165, 1.54) is 6.07 Å². The van der Waals surface area contributed by atoms with Crippen molar-refractivity contribution >= 4 is 15.9 Å². The molecule has 2 rings (SSSR count). The Kier molecular flexibility index (Phi) is 2.62. The van der Waals surface area contributed by atoms with Crippen LogP contribution in [-0.2, 0) is 6.18 Å². The van der Waals surface area contributed by atoms with E-state index in [2.05, 4.69) is 20.9 Å². The minimum Gasteiger partial charge on any atom is -0.487 e. The molecule has 0 atom stereocenters. The van der Waals surface area contributed by atoms with Crippen LogP contribution in [0.5, 0.6) is 5.75 Å². The topological polar surface area (TPSA) is 22.1 Å². The lowest BCUT2D eigenvalue weighted by Crippen LogP contribution is -2.12. The lowest BCUT2D eigenvalue weighted by atomic mass is 10.3. The largest absolute Gasteiger partial charge is 0.487 e. The van der Waals surface area contributed by atoms with Gasteiger partial charge in [-0.3, -0.25) is 0 Å². The van der Waals surface area contributed by atoms with Crippen LogP contribution in [0, 0.1) is 0 Å². The third-order valence-corrected chi connectivity index (χ3v) is 2.56. The van der Waals surface area contributed by atoms with Crippen molar-refractivity contribution in [3.8, 4) is 5.75 Å². The van der Waals surface area contributed by atoms with Crippen molar-refractivity contribution in [3.63, 3.8) is 0 Å². The van der Waals surface area contributed by atoms with Gasteiger partial charge in [-0.25, -0.2) is 4.98 Å². The van der Waals surface area contributed by atoms with Crippen LogP contribution in [-0.4, -0.2) is 11.1 Å². The molecule has 0 unspecified atom stereocenters. The van der Waals surface area contributed by atoms with Gasteiger partial charge in [-0.05, 0) is 34.8 Å². The molecule has 0 aromatic carbocycles. The summed E-state index contributed by atoms with van der Waals surface area (Å²) in [6, 6.07) is 1.44. The summed E-state index contributed by atoms with van der Waals surface area (Å²) in [6.07, 6.45) is -1.86. The average Bonchev–Trinajstić information content (AvgIpc) is 2.90. The van der Waals surface area contributed by atoms with Gasteiger partial charge < -0.3 is 4.74 Å². The number of nitrogens with zero attached hydrogens (tertiary/aromatic N) is 1. The molecule has 0 N–H and O–H groups in total. The molecule has 1 heterocycles. The molecule has 0 radical (unpaired) electrons. The summed E-state index contributed by atoms with van der Waals surface area (Å²) in [5.74, 6) is -0.201. The summed E-state index contributed by atoms with van der Waals surface area (Å²) < 4.78 is 43.1. The Morgan fingerprint density at radius 2 is 2.07 bits per heavy atom. The van der Waals surface area contributed by atoms with Crippen molar-refractivity contribution in [2.45, 2.75) is 25.1 Å². The minimum atomic E-state index is -4.48. The summed E-state index contributed by atoms with van der Waals surface area (Å²) in [5.41, 5.74) is -0.969. The standard InChI is InChI=1S/C9H7BrF3NO/c10-6-3-4-14-8(9(11,12)13)7(6)15-5-1-2-5/h3-5H,1-2H2. The maximum Gasteiger partial charge on any atom is 0.437 e. The van der Waals surface area contributed by atoms with Gasteiger partial charge in [0.1, 0.15) is 0 Å². The van der Waals surface area contributed by atoms with Crippen LogP contribution in [0.25, 0.3) is 0 Å². The van der Waals surface area contributed by atoms with E-state index in [-0.39, 0.29) is 16.3 Å². The van der Waals surface area contributed by atoms with E-state index >= 15 is 0 Å². The van der Waals surface area contributed by atoms with Crippen molar-refractivity contribution in [2.75, 3.05) is 0 Å². The van der Waals surface area contributed by atoms with Gasteiger partial charge in [-0.2, -0.15) is 13.2 Å². The van der Waals surface area contributed by atoms with E-state index in [9.17, 15) is 13.2 Å². The van der Waals surface area contributed by atoms with Gasteiger partial charge in [-0.15, -0.1) is 0 Å². The summed E-state index contributed by atoms with van der Waals surface area (Å²) in [7, 11) is 0. The van der Waals surface area contributed by atoms with Crippen molar-refractivity contribution < 1.29 is 17.9 Å². The Hall–Kier alpha value is -0.780. The lowest BCUT2D eigenvalue weighted by molar-refractivity contribution is -0.142. The normalized spacial score (nSPS) is 16.5. The number of hydrogen-bond donors (Lipinski definition) is 0. The fourth-order valence-corrected chi connectivity index (χ4v) is 1.49. The van der Waals surface area contributed by atoms with Crippen molar-refractivity contribution in [1.82, 2.24) is 4.98 Å². The molecule has 1 aromatic rings. The lowest BCUT2D eigenvalue weighted by Gasteiger charge is -2.13. The second-order valence-electron chi connectivity index (χ2n) is 3.29. The second-order valence-corrected chi connectivity index (χ2v) is 4.14. The van der Waals surface area contributed by atoms with E-state index in [0.29, 0.717) is 0 Å². The highest BCUT2D eigenvalue weighted by molar-refractivity contribution is 9.10. The van der Waals surface area contributed by atoms with E-state index in [0.717, 1.165) is 19.0 Å². The first kappa shape index (κ1) is 10.7. The molecule has 82 valence electrons. The van der Waals surface area contributed by atoms with Crippen molar-refractivity contribution in [1.29, 1.82) is 0 Å². The highest BCUT2D eigenvalue weighted by atomic mass is 79.9. The zero-order chi connectivity index (χ0) is 11.1. The average molecular weight is 282 g/mol. The highest BCUT2D eigenvalue weighted by Gasteiger charge is 2.39. The Labute approximate surface area is 92.6 Å². The predicted octanol–water partition coefficient (Wildman–Crippen LogP) is 3.40. The monoisotopic (exact) mass is 281 g/mol. The second kappa shape index (κ2) is 3.66. The first-order valence-corrected chi connectivity index (χ1v) is 5.16. The van der Waals surface area contributed by atoms with E-state index in [1.54, 1.807) is 0 Å². The van der Waals surface area contributed by atoms with Crippen LogP contribution in [0.1, 0.15) is 18.5 Å². The van der Waals surface area contributed by atoms with Crippen LogP contribution in [0.3, 0.4) is 0 Å². The zero-order valence-corrected chi connectivity index (χ0v) is 9.10. The number of pyridine rings is 1. The Morgan fingerprint density at radius 3 is 2.60 bits per heavy atom. The molecule has 1 aliphatic rings. The van der Waals surface area contributed by atoms with Crippen LogP contribution in [0.15, 0.2) is 16.7 Å². The molecular weight excluding hydrogens is 275 g/mol. The fraction of sp³-hybridized carbons (Fsp3) is 0.444. The van der Waals surface area contributed by atoms with Gasteiger partial charge in [0.05, 0.1) is 10.6 Å². The minimum absolute atomic E-state index is 0.0911. The first-order chi connectivity index (χ1) is 6.98. The van der Waals surface area contributed by atoms with Crippen LogP contribution < -0.4 is 4.74 Å². The van der Waals surface area contributed by atoms with Gasteiger partial charge in [0.25, 0.3) is 0 Å². The van der Waals surface area contributed by atoms with Gasteiger partial charge in [0, 0.05) is 6.20 Å². The number of rotatable bonds is 2. The molecule has 2 nitrogen and oxygen atoms in total. The number of alkyl halides is 3. The number of hydrogen-bond acceptors (Lipinski definition) is 2. The summed E-state index contributed by atoms with van der Waals surface area (Å²) in [6.45, 7) is 0. The molecule has 0 bridgehead atoms. The maximum atomic E-state index is 12.5. The van der Waals surface area contributed by atoms with Gasteiger partial charge in [0.15, 0.2) is 11.4 Å². The molecular formula is C9H7BrF3NO. The number of ether oxygens (including phenoxy) is 1. The molecule has 15 heavy (non-hydrogen) atoms. The Balaban J connectivity index is 2.38. The maximum absolute atomic E-state index is 12.5. The summed E-state index contributed by atoms with van der Waals surface area (Å²) in [5, 5.41) is 0. The SMILES string of the molecule is FC(F)(F)c1nccc(Br)c1OC1CC1. The molecule has 1 saturated carbocycles. The molecule has 6 heteroatoms. The molecule has 1 aromatic heterocycles. The predicted molar refractivity (Wildman–Crippen MR) is 50.6 cm³/mol. The molecule has 1 aliphatic carbocycles. The van der Waals surface area contributed by atoms with E-state index in [4.69, 9.17) is 4.74 Å². The van der Waals surface area contributed by atoms with E-state index in [1.807, 2.05) is 0 Å². The highest BCUT2D eigenvalue weighted by Crippen LogP contribution is 2.41. The summed E-state index contributed by atoms with van der Waals surface area (Å²) in [4.78, 5) is 3.31. The molecule has 0 aliphatic heterocycles. The van der Waals surface area contributed by atoms with Crippen molar-refractivity contribution in [2.24, 2.45) is 0 Å². The number of halogens is 4. The van der Waals surface area contributed by atoms with Gasteiger partial charge in [0.2, 0.25) is 0 Å². The molecule has 0 saturated heterocycles. The third kappa shape index (κ3) is 2.42. The van der Waals surface area contributed by atoms with Crippen LogP contribution in [0.4, 0.5) is 13.2 Å². The molecule has 0 spiro atoms. The Morgan fingerprint density at radius 1 is 1.40 bits per heavy atom. The van der Waals surface area contributed by atoms with Crippen LogP contribution in [0.2, 0.25) is 0 Å². The van der Waals surface area contributed by atoms with Crippen LogP contribution >= 0.6 is 15.9 Å². The van der Waals surface area contributed by atoms with E-state index < -0.39 is 11.9 Å². The first-order valence-electron chi connectivity index (χ1n) is 4.37. The number of aromatic nitrogens is 1. The van der Waals surface area contributed by atoms with Crippen molar-refractivity contribution in [3.05, 3.63) is 22.4 Å². The zero-order valence-electron chi connectivity index (χ0n) is 7.51. The Bertz CT molecular complexity index is 376.